The Bertz CT molecular complexity index is 310. The summed E-state index contributed by atoms with van der Waals surface area (Å²) in [7, 11) is -1.78. The van der Waals surface area contributed by atoms with Gasteiger partial charge in [-0.2, -0.15) is 0 Å². The Morgan fingerprint density at radius 2 is 1.11 bits per heavy atom. The summed E-state index contributed by atoms with van der Waals surface area (Å²) < 4.78 is 6.63. The third-order valence-electron chi connectivity index (χ3n) is 4.34. The SMILES string of the molecule is CC1=C[C](O[Si](C(C)C)(C(C)C)C(C)C)C=C1C. The van der Waals surface area contributed by atoms with E-state index < -0.39 is 8.32 Å². The zero-order valence-corrected chi connectivity index (χ0v) is 14.3. The van der Waals surface area contributed by atoms with Gasteiger partial charge in [-0.05, 0) is 53.8 Å². The van der Waals surface area contributed by atoms with E-state index in [4.69, 9.17) is 4.43 Å². The van der Waals surface area contributed by atoms with E-state index in [1.165, 1.54) is 11.1 Å². The van der Waals surface area contributed by atoms with Gasteiger partial charge in [0.2, 0.25) is 8.32 Å². The fraction of sp³-hybridized carbons (Fsp3) is 0.688. The normalized spacial score (nSPS) is 17.9. The molecule has 1 aliphatic carbocycles. The van der Waals surface area contributed by atoms with Crippen molar-refractivity contribution in [3.05, 3.63) is 29.4 Å². The van der Waals surface area contributed by atoms with Crippen molar-refractivity contribution < 1.29 is 4.43 Å². The summed E-state index contributed by atoms with van der Waals surface area (Å²) in [5.41, 5.74) is 4.57. The van der Waals surface area contributed by atoms with Gasteiger partial charge in [0.15, 0.2) is 0 Å². The second kappa shape index (κ2) is 5.75. The Morgan fingerprint density at radius 1 is 0.778 bits per heavy atom. The van der Waals surface area contributed by atoms with Crippen molar-refractivity contribution in [3.63, 3.8) is 0 Å². The summed E-state index contributed by atoms with van der Waals surface area (Å²) in [4.78, 5) is 0. The Morgan fingerprint density at radius 3 is 1.39 bits per heavy atom. The van der Waals surface area contributed by atoms with Gasteiger partial charge in [0.25, 0.3) is 0 Å². The highest BCUT2D eigenvalue weighted by molar-refractivity contribution is 6.77. The predicted molar refractivity (Wildman–Crippen MR) is 82.9 cm³/mol. The lowest BCUT2D eigenvalue weighted by molar-refractivity contribution is 0.339. The van der Waals surface area contributed by atoms with Crippen LogP contribution in [0.2, 0.25) is 16.6 Å². The first-order valence-corrected chi connectivity index (χ1v) is 9.28. The molecule has 0 atom stereocenters. The zero-order chi connectivity index (χ0) is 14.1. The molecule has 1 radical (unpaired) electrons. The van der Waals surface area contributed by atoms with Gasteiger partial charge < -0.3 is 4.43 Å². The molecule has 103 valence electrons. The average molecular weight is 265 g/mol. The van der Waals surface area contributed by atoms with Crippen molar-refractivity contribution in [2.45, 2.75) is 72.0 Å². The smallest absolute Gasteiger partial charge is 0.202 e. The van der Waals surface area contributed by atoms with Crippen molar-refractivity contribution in [3.8, 4) is 0 Å². The molecule has 0 saturated carbocycles. The monoisotopic (exact) mass is 265 g/mol. The summed E-state index contributed by atoms with van der Waals surface area (Å²) in [6.07, 6.45) is 5.49. The fourth-order valence-electron chi connectivity index (χ4n) is 3.31. The highest BCUT2D eigenvalue weighted by atomic mass is 28.4. The molecule has 0 aromatic carbocycles. The van der Waals surface area contributed by atoms with E-state index in [2.05, 4.69) is 67.5 Å². The molecule has 1 nitrogen and oxygen atoms in total. The minimum atomic E-state index is -1.78. The van der Waals surface area contributed by atoms with Crippen molar-refractivity contribution in [1.82, 2.24) is 0 Å². The van der Waals surface area contributed by atoms with Crippen LogP contribution in [0, 0.1) is 6.10 Å². The molecular weight excluding hydrogens is 236 g/mol. The standard InChI is InChI=1S/C16H29OSi/c1-11(2)18(12(3)4,13(5)6)17-16-9-14(7)15(8)10-16/h9-13H,1-8H3. The molecule has 0 N–H and O–H groups in total. The highest BCUT2D eigenvalue weighted by Crippen LogP contribution is 2.45. The van der Waals surface area contributed by atoms with E-state index in [9.17, 15) is 0 Å². The Labute approximate surface area is 114 Å². The first-order valence-electron chi connectivity index (χ1n) is 7.14. The minimum absolute atomic E-state index is 0.632. The van der Waals surface area contributed by atoms with Gasteiger partial charge >= 0.3 is 0 Å². The Hall–Kier alpha value is -0.343. The lowest BCUT2D eigenvalue weighted by Gasteiger charge is -2.43. The van der Waals surface area contributed by atoms with Crippen molar-refractivity contribution in [2.24, 2.45) is 0 Å². The summed E-state index contributed by atoms with van der Waals surface area (Å²) in [5, 5.41) is 0. The van der Waals surface area contributed by atoms with Crippen LogP contribution in [0.15, 0.2) is 23.3 Å². The maximum absolute atomic E-state index is 6.63. The van der Waals surface area contributed by atoms with E-state index in [0.717, 1.165) is 6.10 Å². The van der Waals surface area contributed by atoms with Gasteiger partial charge in [0, 0.05) is 0 Å². The summed E-state index contributed by atoms with van der Waals surface area (Å²) >= 11 is 0. The maximum Gasteiger partial charge on any atom is 0.202 e. The van der Waals surface area contributed by atoms with Crippen LogP contribution in [-0.2, 0) is 4.43 Å². The lowest BCUT2D eigenvalue weighted by atomic mass is 10.2. The summed E-state index contributed by atoms with van der Waals surface area (Å²) in [6, 6.07) is 0. The van der Waals surface area contributed by atoms with Crippen LogP contribution in [0.25, 0.3) is 0 Å². The average Bonchev–Trinajstić information content (AvgIpc) is 2.53. The number of hydrogen-bond donors (Lipinski definition) is 0. The predicted octanol–water partition coefficient (Wildman–Crippen LogP) is 5.62. The largest absolute Gasteiger partial charge is 0.400 e. The van der Waals surface area contributed by atoms with Gasteiger partial charge in [-0.3, -0.25) is 0 Å². The molecule has 0 bridgehead atoms. The molecule has 0 amide bonds. The van der Waals surface area contributed by atoms with Crippen LogP contribution in [-0.4, -0.2) is 8.32 Å². The topological polar surface area (TPSA) is 9.23 Å². The van der Waals surface area contributed by atoms with E-state index in [-0.39, 0.29) is 0 Å². The van der Waals surface area contributed by atoms with Gasteiger partial charge in [-0.25, -0.2) is 0 Å². The number of allylic oxidation sites excluding steroid dienone is 2. The van der Waals surface area contributed by atoms with Crippen LogP contribution in [0.1, 0.15) is 55.4 Å². The Balaban J connectivity index is 3.01. The van der Waals surface area contributed by atoms with Gasteiger partial charge in [0.05, 0.1) is 0 Å². The molecule has 0 spiro atoms. The van der Waals surface area contributed by atoms with Crippen LogP contribution in [0.3, 0.4) is 0 Å². The van der Waals surface area contributed by atoms with Gasteiger partial charge in [-0.1, -0.05) is 41.5 Å². The van der Waals surface area contributed by atoms with Crippen molar-refractivity contribution in [1.29, 1.82) is 0 Å². The van der Waals surface area contributed by atoms with Crippen LogP contribution >= 0.6 is 0 Å². The molecule has 0 heterocycles. The first kappa shape index (κ1) is 15.7. The molecule has 1 aliphatic rings. The lowest BCUT2D eigenvalue weighted by Crippen LogP contribution is -2.48. The molecule has 0 aliphatic heterocycles. The third-order valence-corrected chi connectivity index (χ3v) is 10.3. The molecule has 0 saturated heterocycles. The minimum Gasteiger partial charge on any atom is -0.400 e. The summed E-state index contributed by atoms with van der Waals surface area (Å²) in [5.74, 6) is 0. The molecular formula is C16H29OSi. The van der Waals surface area contributed by atoms with E-state index in [1.807, 2.05) is 0 Å². The molecule has 0 unspecified atom stereocenters. The van der Waals surface area contributed by atoms with Crippen LogP contribution in [0.4, 0.5) is 0 Å². The maximum atomic E-state index is 6.63. The number of rotatable bonds is 5. The third kappa shape index (κ3) is 2.80. The van der Waals surface area contributed by atoms with Crippen LogP contribution < -0.4 is 0 Å². The molecule has 0 aromatic rings. The van der Waals surface area contributed by atoms with Crippen molar-refractivity contribution in [2.75, 3.05) is 0 Å². The summed E-state index contributed by atoms with van der Waals surface area (Å²) in [6.45, 7) is 18.3. The quantitative estimate of drug-likeness (QED) is 0.586. The molecule has 0 aromatic heterocycles. The second-order valence-corrected chi connectivity index (χ2v) is 11.9. The zero-order valence-electron chi connectivity index (χ0n) is 13.3. The highest BCUT2D eigenvalue weighted by Gasteiger charge is 2.46. The van der Waals surface area contributed by atoms with E-state index in [1.54, 1.807) is 0 Å². The molecule has 18 heavy (non-hydrogen) atoms. The van der Waals surface area contributed by atoms with E-state index in [0.29, 0.717) is 16.6 Å². The molecule has 1 rings (SSSR count). The van der Waals surface area contributed by atoms with Gasteiger partial charge in [0.1, 0.15) is 6.10 Å². The molecule has 0 fully saturated rings. The first-order chi connectivity index (χ1) is 8.21. The van der Waals surface area contributed by atoms with E-state index >= 15 is 0 Å². The van der Waals surface area contributed by atoms with Crippen LogP contribution in [0.5, 0.6) is 0 Å². The molecule has 2 heteroatoms. The fourth-order valence-corrected chi connectivity index (χ4v) is 8.55. The number of hydrogen-bond acceptors (Lipinski definition) is 1. The van der Waals surface area contributed by atoms with Crippen molar-refractivity contribution >= 4 is 8.32 Å². The van der Waals surface area contributed by atoms with Gasteiger partial charge in [-0.15, -0.1) is 0 Å². The second-order valence-electron chi connectivity index (χ2n) is 6.48. The Kier molecular flexibility index (Phi) is 5.02.